The maximum atomic E-state index is 12.9. The van der Waals surface area contributed by atoms with E-state index in [1.54, 1.807) is 25.3 Å². The second-order valence-electron chi connectivity index (χ2n) is 8.92. The predicted octanol–water partition coefficient (Wildman–Crippen LogP) is 6.71. The number of anilines is 1. The molecule has 0 aliphatic heterocycles. The molecule has 0 radical (unpaired) electrons. The summed E-state index contributed by atoms with van der Waals surface area (Å²) in [6.07, 6.45) is 3.97. The monoisotopic (exact) mass is 533 g/mol. The molecule has 2 aromatic carbocycles. The molecule has 0 saturated heterocycles. The molecule has 9 heteroatoms. The standard InChI is InChI=1S/C17H14ClN3O3S.C10H22O/c1-8-20-12-5-6-13(24-2)14(15(12)25-8)17(23)21-11-4-3-9(18)7-10(11)16(19)22;1-5-6-9(2)7-10(3)8-11-4/h3-7H,1-2H3,(H2,19,22)(H,21,23);9-10H,5-8H2,1-4H3. The number of thiazole rings is 1. The maximum absolute atomic E-state index is 12.9. The van der Waals surface area contributed by atoms with Gasteiger partial charge in [-0.05, 0) is 55.5 Å². The largest absolute Gasteiger partial charge is 0.496 e. The molecule has 3 rings (SSSR count). The second-order valence-corrected chi connectivity index (χ2v) is 10.6. The van der Waals surface area contributed by atoms with Gasteiger partial charge in [0.25, 0.3) is 11.8 Å². The first kappa shape index (κ1) is 29.5. The second kappa shape index (κ2) is 14.2. The fraction of sp³-hybridized carbons (Fsp3) is 0.444. The van der Waals surface area contributed by atoms with E-state index in [0.717, 1.165) is 23.5 Å². The number of benzene rings is 2. The molecule has 0 spiro atoms. The minimum atomic E-state index is -0.684. The lowest BCUT2D eigenvalue weighted by molar-refractivity contribution is 0.100. The average molecular weight is 534 g/mol. The van der Waals surface area contributed by atoms with Gasteiger partial charge in [0.1, 0.15) is 11.3 Å². The van der Waals surface area contributed by atoms with Crippen molar-refractivity contribution in [3.05, 3.63) is 51.5 Å². The van der Waals surface area contributed by atoms with Crippen molar-refractivity contribution in [2.24, 2.45) is 17.6 Å². The van der Waals surface area contributed by atoms with Crippen LogP contribution in [0.3, 0.4) is 0 Å². The molecule has 2 amide bonds. The van der Waals surface area contributed by atoms with Gasteiger partial charge < -0.3 is 20.5 Å². The third-order valence-corrected chi connectivity index (χ3v) is 6.85. The van der Waals surface area contributed by atoms with Crippen LogP contribution < -0.4 is 15.8 Å². The molecule has 3 aromatic rings. The number of hydrogen-bond donors (Lipinski definition) is 2. The predicted molar refractivity (Wildman–Crippen MR) is 149 cm³/mol. The third-order valence-electron chi connectivity index (χ3n) is 5.61. The van der Waals surface area contributed by atoms with Crippen molar-refractivity contribution in [3.8, 4) is 5.75 Å². The van der Waals surface area contributed by atoms with Gasteiger partial charge in [0.05, 0.1) is 33.6 Å². The Hall–Kier alpha value is -2.68. The summed E-state index contributed by atoms with van der Waals surface area (Å²) < 4.78 is 11.1. The van der Waals surface area contributed by atoms with Gasteiger partial charge in [0, 0.05) is 18.7 Å². The summed E-state index contributed by atoms with van der Waals surface area (Å²) in [6.45, 7) is 9.61. The van der Waals surface area contributed by atoms with Crippen LogP contribution in [0, 0.1) is 18.8 Å². The minimum absolute atomic E-state index is 0.132. The highest BCUT2D eigenvalue weighted by Gasteiger charge is 2.21. The van der Waals surface area contributed by atoms with E-state index in [-0.39, 0.29) is 11.3 Å². The Morgan fingerprint density at radius 1 is 1.17 bits per heavy atom. The number of halogens is 1. The van der Waals surface area contributed by atoms with Crippen LogP contribution in [0.2, 0.25) is 5.02 Å². The fourth-order valence-corrected chi connectivity index (χ4v) is 5.26. The quantitative estimate of drug-likeness (QED) is 0.301. The van der Waals surface area contributed by atoms with E-state index in [9.17, 15) is 9.59 Å². The van der Waals surface area contributed by atoms with Gasteiger partial charge in [-0.1, -0.05) is 45.2 Å². The number of aromatic nitrogens is 1. The number of rotatable bonds is 10. The minimum Gasteiger partial charge on any atom is -0.496 e. The molecule has 3 N–H and O–H groups in total. The lowest BCUT2D eigenvalue weighted by Crippen LogP contribution is -2.19. The van der Waals surface area contributed by atoms with Crippen LogP contribution in [-0.2, 0) is 4.74 Å². The summed E-state index contributed by atoms with van der Waals surface area (Å²) in [5.74, 6) is 0.905. The SMILES string of the molecule is CCCC(C)CC(C)COC.COc1ccc2nc(C)sc2c1C(=O)Nc1ccc(Cl)cc1C(N)=O. The number of methoxy groups -OCH3 is 2. The number of fused-ring (bicyclic) bond motifs is 1. The highest BCUT2D eigenvalue weighted by molar-refractivity contribution is 7.19. The van der Waals surface area contributed by atoms with Crippen LogP contribution in [-0.4, -0.2) is 37.6 Å². The van der Waals surface area contributed by atoms with E-state index >= 15 is 0 Å². The van der Waals surface area contributed by atoms with Crippen molar-refractivity contribution in [2.45, 2.75) is 47.0 Å². The lowest BCUT2D eigenvalue weighted by atomic mass is 9.94. The van der Waals surface area contributed by atoms with Crippen molar-refractivity contribution < 1.29 is 19.1 Å². The van der Waals surface area contributed by atoms with Crippen LogP contribution in [0.4, 0.5) is 5.69 Å². The van der Waals surface area contributed by atoms with Crippen molar-refractivity contribution in [2.75, 3.05) is 26.1 Å². The Balaban J connectivity index is 0.000000352. The first-order valence-electron chi connectivity index (χ1n) is 11.9. The number of ether oxygens (including phenoxy) is 2. The van der Waals surface area contributed by atoms with Crippen LogP contribution in [0.25, 0.3) is 10.2 Å². The Kier molecular flexibility index (Phi) is 11.6. The molecule has 2 atom stereocenters. The van der Waals surface area contributed by atoms with E-state index in [1.807, 2.05) is 6.92 Å². The van der Waals surface area contributed by atoms with Gasteiger partial charge in [-0.25, -0.2) is 4.98 Å². The van der Waals surface area contributed by atoms with Crippen molar-refractivity contribution in [1.29, 1.82) is 0 Å². The average Bonchev–Trinajstić information content (AvgIpc) is 3.20. The third kappa shape index (κ3) is 8.18. The summed E-state index contributed by atoms with van der Waals surface area (Å²) in [5, 5.41) is 3.90. The van der Waals surface area contributed by atoms with Crippen molar-refractivity contribution in [3.63, 3.8) is 0 Å². The molecule has 0 aliphatic rings. The van der Waals surface area contributed by atoms with Crippen LogP contribution in [0.5, 0.6) is 5.75 Å². The van der Waals surface area contributed by atoms with Gasteiger partial charge in [0.2, 0.25) is 0 Å². The zero-order chi connectivity index (χ0) is 26.8. The number of carbonyl (C=O) groups is 2. The smallest absolute Gasteiger partial charge is 0.260 e. The normalized spacial score (nSPS) is 12.4. The zero-order valence-corrected chi connectivity index (χ0v) is 23.4. The van der Waals surface area contributed by atoms with Crippen LogP contribution >= 0.6 is 22.9 Å². The molecule has 7 nitrogen and oxygen atoms in total. The highest BCUT2D eigenvalue weighted by atomic mass is 35.5. The highest BCUT2D eigenvalue weighted by Crippen LogP contribution is 2.33. The molecule has 0 aliphatic carbocycles. The molecule has 0 bridgehead atoms. The number of aryl methyl sites for hydroxylation is 1. The van der Waals surface area contributed by atoms with Crippen molar-refractivity contribution >= 4 is 50.7 Å². The molecule has 1 heterocycles. The van der Waals surface area contributed by atoms with E-state index in [1.165, 1.54) is 49.8 Å². The first-order valence-corrected chi connectivity index (χ1v) is 13.1. The molecule has 196 valence electrons. The summed E-state index contributed by atoms with van der Waals surface area (Å²) >= 11 is 7.29. The van der Waals surface area contributed by atoms with Crippen molar-refractivity contribution in [1.82, 2.24) is 4.98 Å². The number of nitrogens with two attached hydrogens (primary N) is 1. The summed E-state index contributed by atoms with van der Waals surface area (Å²) in [6, 6.07) is 8.00. The van der Waals surface area contributed by atoms with Crippen LogP contribution in [0.15, 0.2) is 30.3 Å². The summed E-state index contributed by atoms with van der Waals surface area (Å²) in [4.78, 5) is 28.9. The molecular formula is C27H36ClN3O4S. The van der Waals surface area contributed by atoms with E-state index < -0.39 is 11.8 Å². The van der Waals surface area contributed by atoms with Gasteiger partial charge in [-0.15, -0.1) is 11.3 Å². The Morgan fingerprint density at radius 2 is 1.89 bits per heavy atom. The first-order chi connectivity index (χ1) is 17.1. The number of amides is 2. The summed E-state index contributed by atoms with van der Waals surface area (Å²) in [5.41, 5.74) is 6.84. The maximum Gasteiger partial charge on any atom is 0.260 e. The number of nitrogens with one attached hydrogen (secondary N) is 1. The van der Waals surface area contributed by atoms with Crippen LogP contribution in [0.1, 0.15) is 65.8 Å². The van der Waals surface area contributed by atoms with E-state index in [4.69, 9.17) is 26.8 Å². The van der Waals surface area contributed by atoms with Gasteiger partial charge >= 0.3 is 0 Å². The number of hydrogen-bond acceptors (Lipinski definition) is 6. The molecule has 2 unspecified atom stereocenters. The van der Waals surface area contributed by atoms with Gasteiger partial charge in [0.15, 0.2) is 0 Å². The zero-order valence-electron chi connectivity index (χ0n) is 21.8. The Labute approximate surface area is 222 Å². The van der Waals surface area contributed by atoms with Gasteiger partial charge in [-0.2, -0.15) is 0 Å². The number of nitrogens with zero attached hydrogens (tertiary/aromatic N) is 1. The fourth-order valence-electron chi connectivity index (χ4n) is 4.13. The topological polar surface area (TPSA) is 104 Å². The Morgan fingerprint density at radius 3 is 2.50 bits per heavy atom. The molecule has 36 heavy (non-hydrogen) atoms. The molecular weight excluding hydrogens is 498 g/mol. The molecule has 1 aromatic heterocycles. The Bertz CT molecular complexity index is 1170. The number of carbonyl (C=O) groups excluding carboxylic acids is 2. The van der Waals surface area contributed by atoms with E-state index in [0.29, 0.717) is 26.6 Å². The van der Waals surface area contributed by atoms with Gasteiger partial charge in [-0.3, -0.25) is 9.59 Å². The summed E-state index contributed by atoms with van der Waals surface area (Å²) in [7, 11) is 3.27. The van der Waals surface area contributed by atoms with E-state index in [2.05, 4.69) is 31.1 Å². The number of primary amides is 1. The lowest BCUT2D eigenvalue weighted by Gasteiger charge is -2.15. The molecule has 0 fully saturated rings. The molecule has 0 saturated carbocycles.